The van der Waals surface area contributed by atoms with Gasteiger partial charge in [0.2, 0.25) is 5.91 Å². The zero-order chi connectivity index (χ0) is 16.1. The van der Waals surface area contributed by atoms with Gasteiger partial charge in [-0.3, -0.25) is 4.79 Å². The third kappa shape index (κ3) is 9.45. The standard InChI is InChI=1S/C16H31NO4/c1-3-4-5-6-7-8-9-10-11-12-15(19)17(2)14(13-18)16(20)21/h14,18H,3-13H2,1-2H3,(H,20,21)/t14-/m0/s1. The summed E-state index contributed by atoms with van der Waals surface area (Å²) in [4.78, 5) is 23.8. The van der Waals surface area contributed by atoms with Crippen molar-refractivity contribution in [2.24, 2.45) is 0 Å². The number of likely N-dealkylation sites (N-methyl/N-ethyl adjacent to an activating group) is 1. The molecule has 0 unspecified atom stereocenters. The summed E-state index contributed by atoms with van der Waals surface area (Å²) < 4.78 is 0. The minimum atomic E-state index is -1.17. The first-order valence-corrected chi connectivity index (χ1v) is 8.13. The molecule has 0 saturated carbocycles. The van der Waals surface area contributed by atoms with E-state index in [2.05, 4.69) is 6.92 Å². The Hall–Kier alpha value is -1.10. The lowest BCUT2D eigenvalue weighted by Gasteiger charge is -2.23. The summed E-state index contributed by atoms with van der Waals surface area (Å²) in [7, 11) is 1.44. The van der Waals surface area contributed by atoms with Gasteiger partial charge in [0.1, 0.15) is 0 Å². The normalized spacial score (nSPS) is 12.1. The monoisotopic (exact) mass is 301 g/mol. The van der Waals surface area contributed by atoms with Gasteiger partial charge in [-0.05, 0) is 6.42 Å². The van der Waals surface area contributed by atoms with Crippen LogP contribution in [0.2, 0.25) is 0 Å². The Morgan fingerprint density at radius 1 is 0.952 bits per heavy atom. The number of hydrogen-bond acceptors (Lipinski definition) is 3. The summed E-state index contributed by atoms with van der Waals surface area (Å²) in [6, 6.07) is -1.13. The fourth-order valence-corrected chi connectivity index (χ4v) is 2.30. The van der Waals surface area contributed by atoms with E-state index in [0.29, 0.717) is 6.42 Å². The highest BCUT2D eigenvalue weighted by Crippen LogP contribution is 2.11. The quantitative estimate of drug-likeness (QED) is 0.513. The van der Waals surface area contributed by atoms with Gasteiger partial charge in [0.25, 0.3) is 0 Å². The van der Waals surface area contributed by atoms with Gasteiger partial charge in [0.05, 0.1) is 6.61 Å². The number of carbonyl (C=O) groups excluding carboxylic acids is 1. The van der Waals surface area contributed by atoms with Crippen molar-refractivity contribution in [3.05, 3.63) is 0 Å². The van der Waals surface area contributed by atoms with Crippen LogP contribution in [0.5, 0.6) is 0 Å². The summed E-state index contributed by atoms with van der Waals surface area (Å²) in [5.41, 5.74) is 0. The molecule has 1 atom stereocenters. The Bertz CT molecular complexity index is 294. The van der Waals surface area contributed by atoms with Gasteiger partial charge >= 0.3 is 5.97 Å². The molecule has 2 N–H and O–H groups in total. The lowest BCUT2D eigenvalue weighted by molar-refractivity contribution is -0.150. The number of carboxylic acids is 1. The first kappa shape index (κ1) is 19.9. The van der Waals surface area contributed by atoms with Gasteiger partial charge in [-0.25, -0.2) is 4.79 Å². The van der Waals surface area contributed by atoms with Crippen molar-refractivity contribution in [1.29, 1.82) is 0 Å². The highest BCUT2D eigenvalue weighted by atomic mass is 16.4. The molecule has 0 aliphatic carbocycles. The van der Waals surface area contributed by atoms with Gasteiger partial charge in [0.15, 0.2) is 6.04 Å². The Morgan fingerprint density at radius 2 is 1.43 bits per heavy atom. The van der Waals surface area contributed by atoms with E-state index in [1.807, 2.05) is 0 Å². The van der Waals surface area contributed by atoms with E-state index in [4.69, 9.17) is 10.2 Å². The maximum absolute atomic E-state index is 11.8. The molecular formula is C16H31NO4. The number of hydrogen-bond donors (Lipinski definition) is 2. The Morgan fingerprint density at radius 3 is 1.86 bits per heavy atom. The molecule has 0 heterocycles. The van der Waals surface area contributed by atoms with E-state index in [-0.39, 0.29) is 5.91 Å². The second-order valence-electron chi connectivity index (χ2n) is 5.62. The van der Waals surface area contributed by atoms with Crippen molar-refractivity contribution in [2.45, 2.75) is 77.2 Å². The first-order chi connectivity index (χ1) is 10.0. The molecule has 0 aliphatic rings. The van der Waals surface area contributed by atoms with Crippen LogP contribution in [-0.4, -0.2) is 46.7 Å². The van der Waals surface area contributed by atoms with E-state index in [0.717, 1.165) is 24.2 Å². The molecule has 0 aliphatic heterocycles. The van der Waals surface area contributed by atoms with Gasteiger partial charge in [0, 0.05) is 13.5 Å². The number of aliphatic carboxylic acids is 1. The molecule has 0 aromatic carbocycles. The average molecular weight is 301 g/mol. The van der Waals surface area contributed by atoms with Crippen LogP contribution < -0.4 is 0 Å². The third-order valence-corrected chi connectivity index (χ3v) is 3.81. The van der Waals surface area contributed by atoms with E-state index in [9.17, 15) is 9.59 Å². The fourth-order valence-electron chi connectivity index (χ4n) is 2.30. The van der Waals surface area contributed by atoms with Crippen molar-refractivity contribution in [1.82, 2.24) is 4.90 Å². The number of carbonyl (C=O) groups is 2. The van der Waals surface area contributed by atoms with Crippen LogP contribution in [0, 0.1) is 0 Å². The molecular weight excluding hydrogens is 270 g/mol. The van der Waals surface area contributed by atoms with Crippen molar-refractivity contribution in [2.75, 3.05) is 13.7 Å². The molecule has 21 heavy (non-hydrogen) atoms. The van der Waals surface area contributed by atoms with E-state index >= 15 is 0 Å². The highest BCUT2D eigenvalue weighted by molar-refractivity contribution is 5.83. The Kier molecular flexibility index (Phi) is 12.0. The maximum Gasteiger partial charge on any atom is 0.328 e. The lowest BCUT2D eigenvalue weighted by Crippen LogP contribution is -2.44. The number of rotatable bonds is 13. The molecule has 0 rings (SSSR count). The predicted molar refractivity (Wildman–Crippen MR) is 83.1 cm³/mol. The minimum Gasteiger partial charge on any atom is -0.480 e. The third-order valence-electron chi connectivity index (χ3n) is 3.81. The van der Waals surface area contributed by atoms with Crippen molar-refractivity contribution in [3.63, 3.8) is 0 Å². The summed E-state index contributed by atoms with van der Waals surface area (Å²) in [5.74, 6) is -1.38. The number of aliphatic hydroxyl groups is 1. The molecule has 5 heteroatoms. The second-order valence-corrected chi connectivity index (χ2v) is 5.62. The van der Waals surface area contributed by atoms with Crippen molar-refractivity contribution < 1.29 is 19.8 Å². The van der Waals surface area contributed by atoms with Crippen LogP contribution in [0.15, 0.2) is 0 Å². The van der Waals surface area contributed by atoms with Gasteiger partial charge in [-0.1, -0.05) is 58.3 Å². The van der Waals surface area contributed by atoms with Crippen LogP contribution >= 0.6 is 0 Å². The summed E-state index contributed by atoms with van der Waals surface area (Å²) in [6.45, 7) is 1.66. The smallest absolute Gasteiger partial charge is 0.328 e. The topological polar surface area (TPSA) is 77.8 Å². The molecule has 1 amide bonds. The molecule has 0 aromatic rings. The van der Waals surface area contributed by atoms with Crippen LogP contribution in [0.25, 0.3) is 0 Å². The molecule has 0 fully saturated rings. The summed E-state index contributed by atoms with van der Waals surface area (Å²) >= 11 is 0. The Balaban J connectivity index is 3.63. The number of nitrogens with zero attached hydrogens (tertiary/aromatic N) is 1. The SMILES string of the molecule is CCCCCCCCCCCC(=O)N(C)[C@@H](CO)C(=O)O. The highest BCUT2D eigenvalue weighted by Gasteiger charge is 2.24. The van der Waals surface area contributed by atoms with E-state index in [1.165, 1.54) is 45.6 Å². The zero-order valence-corrected chi connectivity index (χ0v) is 13.5. The van der Waals surface area contributed by atoms with Crippen molar-refractivity contribution in [3.8, 4) is 0 Å². The molecule has 0 bridgehead atoms. The maximum atomic E-state index is 11.8. The van der Waals surface area contributed by atoms with Crippen LogP contribution in [0.3, 0.4) is 0 Å². The van der Waals surface area contributed by atoms with Crippen molar-refractivity contribution >= 4 is 11.9 Å². The van der Waals surface area contributed by atoms with Crippen LogP contribution in [0.1, 0.15) is 71.1 Å². The number of unbranched alkanes of at least 4 members (excludes halogenated alkanes) is 8. The van der Waals surface area contributed by atoms with Crippen LogP contribution in [-0.2, 0) is 9.59 Å². The van der Waals surface area contributed by atoms with Crippen LogP contribution in [0.4, 0.5) is 0 Å². The average Bonchev–Trinajstić information content (AvgIpc) is 2.45. The predicted octanol–water partition coefficient (Wildman–Crippen LogP) is 2.81. The molecule has 5 nitrogen and oxygen atoms in total. The largest absolute Gasteiger partial charge is 0.480 e. The molecule has 124 valence electrons. The number of amides is 1. The molecule has 0 radical (unpaired) electrons. The minimum absolute atomic E-state index is 0.209. The van der Waals surface area contributed by atoms with E-state index in [1.54, 1.807) is 0 Å². The van der Waals surface area contributed by atoms with Gasteiger partial charge < -0.3 is 15.1 Å². The first-order valence-electron chi connectivity index (χ1n) is 8.13. The summed E-state index contributed by atoms with van der Waals surface area (Å²) in [5, 5.41) is 17.8. The summed E-state index contributed by atoms with van der Waals surface area (Å²) in [6.07, 6.45) is 10.9. The zero-order valence-electron chi connectivity index (χ0n) is 13.5. The fraction of sp³-hybridized carbons (Fsp3) is 0.875. The van der Waals surface area contributed by atoms with Gasteiger partial charge in [-0.15, -0.1) is 0 Å². The molecule has 0 spiro atoms. The Labute approximate surface area is 128 Å². The lowest BCUT2D eigenvalue weighted by atomic mass is 10.1. The number of carboxylic acid groups (broad SMARTS) is 1. The molecule has 0 saturated heterocycles. The van der Waals surface area contributed by atoms with E-state index < -0.39 is 18.6 Å². The second kappa shape index (κ2) is 12.6. The van der Waals surface area contributed by atoms with Gasteiger partial charge in [-0.2, -0.15) is 0 Å². The molecule has 0 aromatic heterocycles. The number of aliphatic hydroxyl groups excluding tert-OH is 1.